The van der Waals surface area contributed by atoms with Gasteiger partial charge in [0.15, 0.2) is 0 Å². The quantitative estimate of drug-likeness (QED) is 0.631. The summed E-state index contributed by atoms with van der Waals surface area (Å²) in [5.74, 6) is 0. The Hall–Kier alpha value is -2.25. The number of pyridine rings is 1. The number of aromatic nitrogens is 3. The molecule has 140 valence electrons. The average Bonchev–Trinajstić information content (AvgIpc) is 3.13. The molecule has 4 N–H and O–H groups in total. The Labute approximate surface area is 163 Å². The van der Waals surface area contributed by atoms with Gasteiger partial charge in [-0.2, -0.15) is 5.10 Å². The first-order valence-electron chi connectivity index (χ1n) is 9.14. The zero-order chi connectivity index (χ0) is 18.6. The van der Waals surface area contributed by atoms with Crippen LogP contribution in [0.15, 0.2) is 48.8 Å². The van der Waals surface area contributed by atoms with Gasteiger partial charge in [0, 0.05) is 67.3 Å². The lowest BCUT2D eigenvalue weighted by molar-refractivity contribution is 0.156. The van der Waals surface area contributed by atoms with E-state index in [1.165, 1.54) is 0 Å². The van der Waals surface area contributed by atoms with Gasteiger partial charge in [-0.3, -0.25) is 15.0 Å². The fourth-order valence-corrected chi connectivity index (χ4v) is 3.71. The van der Waals surface area contributed by atoms with Crippen LogP contribution in [0, 0.1) is 0 Å². The minimum atomic E-state index is 0.325. The molecule has 1 aliphatic heterocycles. The maximum atomic E-state index is 6.06. The van der Waals surface area contributed by atoms with Crippen LogP contribution < -0.4 is 11.1 Å². The van der Waals surface area contributed by atoms with E-state index in [2.05, 4.69) is 25.4 Å². The molecule has 0 saturated carbocycles. The highest BCUT2D eigenvalue weighted by molar-refractivity contribution is 6.30. The van der Waals surface area contributed by atoms with Gasteiger partial charge in [-0.15, -0.1) is 0 Å². The third-order valence-electron chi connectivity index (χ3n) is 5.03. The van der Waals surface area contributed by atoms with Gasteiger partial charge in [-0.25, -0.2) is 0 Å². The summed E-state index contributed by atoms with van der Waals surface area (Å²) in [6, 6.07) is 12.1. The van der Waals surface area contributed by atoms with E-state index in [9.17, 15) is 0 Å². The first-order valence-corrected chi connectivity index (χ1v) is 9.52. The van der Waals surface area contributed by atoms with Crippen molar-refractivity contribution in [3.63, 3.8) is 0 Å². The zero-order valence-corrected chi connectivity index (χ0v) is 15.8. The number of aromatic amines is 1. The molecule has 1 atom stereocenters. The summed E-state index contributed by atoms with van der Waals surface area (Å²) >= 11 is 6.06. The maximum absolute atomic E-state index is 6.06. The number of hydrogen-bond acceptors (Lipinski definition) is 5. The number of nitrogens with zero attached hydrogens (tertiary/aromatic N) is 3. The van der Waals surface area contributed by atoms with E-state index in [0.29, 0.717) is 17.6 Å². The Bertz CT molecular complexity index is 877. The molecule has 0 spiro atoms. The van der Waals surface area contributed by atoms with Gasteiger partial charge >= 0.3 is 0 Å². The number of piperazine rings is 1. The molecule has 7 heteroatoms. The van der Waals surface area contributed by atoms with E-state index < -0.39 is 0 Å². The number of rotatable bonds is 5. The molecule has 0 amide bonds. The van der Waals surface area contributed by atoms with Crippen molar-refractivity contribution in [1.29, 1.82) is 0 Å². The molecule has 1 fully saturated rings. The van der Waals surface area contributed by atoms with E-state index in [-0.39, 0.29) is 0 Å². The van der Waals surface area contributed by atoms with Crippen LogP contribution in [-0.2, 0) is 6.54 Å². The van der Waals surface area contributed by atoms with Crippen molar-refractivity contribution >= 4 is 11.6 Å². The van der Waals surface area contributed by atoms with Gasteiger partial charge in [-0.1, -0.05) is 23.7 Å². The predicted molar refractivity (Wildman–Crippen MR) is 108 cm³/mol. The molecular formula is C20H23ClN6. The van der Waals surface area contributed by atoms with E-state index in [1.807, 2.05) is 48.8 Å². The molecule has 1 unspecified atom stereocenters. The van der Waals surface area contributed by atoms with Gasteiger partial charge < -0.3 is 11.1 Å². The highest BCUT2D eigenvalue weighted by Gasteiger charge is 2.24. The molecule has 0 aliphatic carbocycles. The third kappa shape index (κ3) is 3.89. The summed E-state index contributed by atoms with van der Waals surface area (Å²) in [4.78, 5) is 6.57. The number of nitrogens with two attached hydrogens (primary N) is 1. The summed E-state index contributed by atoms with van der Waals surface area (Å²) < 4.78 is 0. The van der Waals surface area contributed by atoms with Crippen LogP contribution in [0.25, 0.3) is 22.4 Å². The first kappa shape index (κ1) is 18.1. The van der Waals surface area contributed by atoms with Gasteiger partial charge in [0.1, 0.15) is 5.69 Å². The third-order valence-corrected chi connectivity index (χ3v) is 5.29. The Morgan fingerprint density at radius 2 is 1.89 bits per heavy atom. The number of H-pyrrole nitrogens is 1. The van der Waals surface area contributed by atoms with E-state index in [0.717, 1.165) is 54.3 Å². The number of hydrogen-bond donors (Lipinski definition) is 3. The number of halogens is 1. The Kier molecular flexibility index (Phi) is 5.50. The van der Waals surface area contributed by atoms with Crippen molar-refractivity contribution in [2.45, 2.75) is 12.6 Å². The zero-order valence-electron chi connectivity index (χ0n) is 15.0. The number of nitrogens with one attached hydrogen (secondary N) is 2. The second-order valence-electron chi connectivity index (χ2n) is 6.73. The Morgan fingerprint density at radius 1 is 1.11 bits per heavy atom. The highest BCUT2D eigenvalue weighted by Crippen LogP contribution is 2.34. The molecule has 4 rings (SSSR count). The fourth-order valence-electron chi connectivity index (χ4n) is 3.59. The van der Waals surface area contributed by atoms with Crippen LogP contribution in [0.3, 0.4) is 0 Å². The average molecular weight is 383 g/mol. The second-order valence-corrected chi connectivity index (χ2v) is 7.17. The van der Waals surface area contributed by atoms with Crippen molar-refractivity contribution in [3.05, 3.63) is 59.5 Å². The molecule has 0 radical (unpaired) electrons. The van der Waals surface area contributed by atoms with Crippen LogP contribution in [0.4, 0.5) is 0 Å². The molecule has 6 nitrogen and oxygen atoms in total. The molecule has 1 aromatic carbocycles. The van der Waals surface area contributed by atoms with Gasteiger partial charge in [0.05, 0.1) is 5.69 Å². The molecular weight excluding hydrogens is 360 g/mol. The standard InChI is InChI=1S/C20H23ClN6/c21-16-3-1-15(2-4-16)20-19(14-5-7-23-8-6-14)18(25-26-20)13-27-10-9-24-12-17(27)11-22/h1-8,17,24H,9-13,22H2,(H,25,26). The monoisotopic (exact) mass is 382 g/mol. The summed E-state index contributed by atoms with van der Waals surface area (Å²) in [7, 11) is 0. The smallest absolute Gasteiger partial charge is 0.100 e. The number of benzene rings is 1. The van der Waals surface area contributed by atoms with E-state index >= 15 is 0 Å². The van der Waals surface area contributed by atoms with Crippen molar-refractivity contribution in [1.82, 2.24) is 25.4 Å². The minimum Gasteiger partial charge on any atom is -0.329 e. The van der Waals surface area contributed by atoms with Gasteiger partial charge in [0.25, 0.3) is 0 Å². The van der Waals surface area contributed by atoms with Crippen LogP contribution in [-0.4, -0.2) is 52.3 Å². The summed E-state index contributed by atoms with van der Waals surface area (Å²) in [6.45, 7) is 4.27. The highest BCUT2D eigenvalue weighted by atomic mass is 35.5. The molecule has 27 heavy (non-hydrogen) atoms. The van der Waals surface area contributed by atoms with Crippen LogP contribution in [0.5, 0.6) is 0 Å². The van der Waals surface area contributed by atoms with Crippen molar-refractivity contribution < 1.29 is 0 Å². The molecule has 2 aromatic heterocycles. The van der Waals surface area contributed by atoms with Crippen LogP contribution in [0.2, 0.25) is 5.02 Å². The molecule has 0 bridgehead atoms. The van der Waals surface area contributed by atoms with E-state index in [1.54, 1.807) is 0 Å². The lowest BCUT2D eigenvalue weighted by atomic mass is 9.99. The first-order chi connectivity index (χ1) is 13.3. The lowest BCUT2D eigenvalue weighted by Gasteiger charge is -2.35. The van der Waals surface area contributed by atoms with Gasteiger partial charge in [0.2, 0.25) is 0 Å². The summed E-state index contributed by atoms with van der Waals surface area (Å²) in [5.41, 5.74) is 11.2. The van der Waals surface area contributed by atoms with Gasteiger partial charge in [-0.05, 0) is 29.8 Å². The van der Waals surface area contributed by atoms with Crippen LogP contribution in [0.1, 0.15) is 5.69 Å². The topological polar surface area (TPSA) is 82.9 Å². The van der Waals surface area contributed by atoms with Crippen LogP contribution >= 0.6 is 11.6 Å². The predicted octanol–water partition coefficient (Wildman–Crippen LogP) is 2.52. The normalized spacial score (nSPS) is 17.9. The maximum Gasteiger partial charge on any atom is 0.100 e. The Balaban J connectivity index is 1.74. The summed E-state index contributed by atoms with van der Waals surface area (Å²) in [6.07, 6.45) is 3.62. The van der Waals surface area contributed by atoms with Crippen molar-refractivity contribution in [2.75, 3.05) is 26.2 Å². The van der Waals surface area contributed by atoms with E-state index in [4.69, 9.17) is 17.3 Å². The molecule has 1 saturated heterocycles. The van der Waals surface area contributed by atoms with Crippen molar-refractivity contribution in [2.24, 2.45) is 5.73 Å². The summed E-state index contributed by atoms with van der Waals surface area (Å²) in [5, 5.41) is 12.0. The molecule has 3 heterocycles. The lowest BCUT2D eigenvalue weighted by Crippen LogP contribution is -2.53. The van der Waals surface area contributed by atoms with Crippen molar-refractivity contribution in [3.8, 4) is 22.4 Å². The molecule has 1 aliphatic rings. The largest absolute Gasteiger partial charge is 0.329 e. The molecule has 3 aromatic rings. The minimum absolute atomic E-state index is 0.325. The second kappa shape index (κ2) is 8.19. The SMILES string of the molecule is NCC1CNCCN1Cc1[nH]nc(-c2ccc(Cl)cc2)c1-c1ccncc1. The fraction of sp³-hybridized carbons (Fsp3) is 0.300. The Morgan fingerprint density at radius 3 is 2.63 bits per heavy atom.